The number of aromatic nitrogens is 2. The smallest absolute Gasteiger partial charge is 0.222 e. The monoisotopic (exact) mass is 502 g/mol. The summed E-state index contributed by atoms with van der Waals surface area (Å²) in [4.78, 5) is 23.0. The highest BCUT2D eigenvalue weighted by Gasteiger charge is 2.45. The first-order valence-corrected chi connectivity index (χ1v) is 13.9. The van der Waals surface area contributed by atoms with Crippen molar-refractivity contribution in [3.05, 3.63) is 77.1 Å². The molecule has 36 heavy (non-hydrogen) atoms. The lowest BCUT2D eigenvalue weighted by Gasteiger charge is -2.39. The average Bonchev–Trinajstić information content (AvgIpc) is 3.66. The molecule has 2 unspecified atom stereocenters. The van der Waals surface area contributed by atoms with Gasteiger partial charge < -0.3 is 14.4 Å². The first-order valence-electron chi connectivity index (χ1n) is 13.5. The maximum Gasteiger partial charge on any atom is 0.222 e. The molecule has 1 aromatic heterocycles. The zero-order chi connectivity index (χ0) is 24.7. The van der Waals surface area contributed by atoms with Gasteiger partial charge in [0.1, 0.15) is 5.82 Å². The van der Waals surface area contributed by atoms with Crippen LogP contribution in [0.3, 0.4) is 0 Å². The Labute approximate surface area is 219 Å². The molecule has 0 radical (unpaired) electrons. The molecule has 4 heterocycles. The van der Waals surface area contributed by atoms with Gasteiger partial charge in [-0.25, -0.2) is 4.98 Å². The maximum atomic E-state index is 13.5. The SMILES string of the molecule is CC(C1CCN(C(=O)CCC2(c3ccc(Cl)cc3)c3ccccc3-c3nccn32)CC1)N1CCCC1. The summed E-state index contributed by atoms with van der Waals surface area (Å²) in [6.45, 7) is 6.63. The van der Waals surface area contributed by atoms with Crippen LogP contribution in [0.15, 0.2) is 60.9 Å². The summed E-state index contributed by atoms with van der Waals surface area (Å²) in [5.74, 6) is 1.93. The van der Waals surface area contributed by atoms with E-state index in [1.807, 2.05) is 18.3 Å². The number of halogens is 1. The van der Waals surface area contributed by atoms with E-state index in [-0.39, 0.29) is 5.91 Å². The van der Waals surface area contributed by atoms with Crippen LogP contribution in [0.25, 0.3) is 11.4 Å². The number of hydrogen-bond donors (Lipinski definition) is 0. The number of benzene rings is 2. The van der Waals surface area contributed by atoms with E-state index in [2.05, 4.69) is 68.9 Å². The van der Waals surface area contributed by atoms with Crippen molar-refractivity contribution in [2.24, 2.45) is 5.92 Å². The zero-order valence-corrected chi connectivity index (χ0v) is 21.8. The predicted octanol–water partition coefficient (Wildman–Crippen LogP) is 5.81. The van der Waals surface area contributed by atoms with Crippen molar-refractivity contribution in [3.8, 4) is 11.4 Å². The topological polar surface area (TPSA) is 41.4 Å². The molecule has 6 rings (SSSR count). The predicted molar refractivity (Wildman–Crippen MR) is 144 cm³/mol. The van der Waals surface area contributed by atoms with Crippen LogP contribution in [0.4, 0.5) is 0 Å². The molecule has 3 aromatic rings. The first-order chi connectivity index (χ1) is 17.6. The van der Waals surface area contributed by atoms with Gasteiger partial charge in [0.2, 0.25) is 5.91 Å². The van der Waals surface area contributed by atoms with Gasteiger partial charge in [-0.2, -0.15) is 0 Å². The number of nitrogens with zero attached hydrogens (tertiary/aromatic N) is 4. The van der Waals surface area contributed by atoms with E-state index < -0.39 is 5.54 Å². The number of likely N-dealkylation sites (tertiary alicyclic amines) is 2. The lowest BCUT2D eigenvalue weighted by Crippen LogP contribution is -2.45. The number of fused-ring (bicyclic) bond motifs is 3. The standard InChI is InChI=1S/C30H35ClN4O/c1-22(33-17-4-5-18-33)23-13-19-34(20-14-23)28(36)12-15-30(24-8-10-25(31)11-9-24)27-7-3-2-6-26(27)29-32-16-21-35(29)30/h2-3,6-11,16,21-23H,4-5,12-15,17-20H2,1H3. The number of piperidine rings is 1. The Balaban J connectivity index is 1.22. The van der Waals surface area contributed by atoms with Gasteiger partial charge in [-0.05, 0) is 81.3 Å². The molecule has 0 saturated carbocycles. The van der Waals surface area contributed by atoms with E-state index in [0.717, 1.165) is 42.9 Å². The molecule has 0 N–H and O–H groups in total. The lowest BCUT2D eigenvalue weighted by molar-refractivity contribution is -0.133. The van der Waals surface area contributed by atoms with Gasteiger partial charge in [0, 0.05) is 48.5 Å². The summed E-state index contributed by atoms with van der Waals surface area (Å²) in [6, 6.07) is 17.2. The molecule has 2 saturated heterocycles. The van der Waals surface area contributed by atoms with E-state index in [1.54, 1.807) is 0 Å². The number of rotatable bonds is 6. The largest absolute Gasteiger partial charge is 0.343 e. The van der Waals surface area contributed by atoms with Crippen molar-refractivity contribution < 1.29 is 4.79 Å². The molecule has 1 amide bonds. The van der Waals surface area contributed by atoms with Crippen molar-refractivity contribution in [1.82, 2.24) is 19.4 Å². The molecule has 188 valence electrons. The molecule has 2 fully saturated rings. The van der Waals surface area contributed by atoms with Crippen LogP contribution in [0, 0.1) is 5.92 Å². The van der Waals surface area contributed by atoms with Gasteiger partial charge in [-0.15, -0.1) is 0 Å². The Kier molecular flexibility index (Phi) is 6.38. The molecule has 0 spiro atoms. The number of carbonyl (C=O) groups excluding carboxylic acids is 1. The maximum absolute atomic E-state index is 13.5. The summed E-state index contributed by atoms with van der Waals surface area (Å²) >= 11 is 6.26. The Morgan fingerprint density at radius 1 is 1.06 bits per heavy atom. The van der Waals surface area contributed by atoms with Gasteiger partial charge in [-0.1, -0.05) is 48.0 Å². The van der Waals surface area contributed by atoms with Crippen LogP contribution in [0.2, 0.25) is 5.02 Å². The van der Waals surface area contributed by atoms with Crippen molar-refractivity contribution in [3.63, 3.8) is 0 Å². The summed E-state index contributed by atoms with van der Waals surface area (Å²) in [5.41, 5.74) is 3.02. The fraction of sp³-hybridized carbons (Fsp3) is 0.467. The highest BCUT2D eigenvalue weighted by molar-refractivity contribution is 6.30. The Hall–Kier alpha value is -2.63. The van der Waals surface area contributed by atoms with E-state index in [1.165, 1.54) is 31.5 Å². The van der Waals surface area contributed by atoms with Crippen LogP contribution < -0.4 is 0 Å². The zero-order valence-electron chi connectivity index (χ0n) is 21.1. The fourth-order valence-electron chi connectivity index (χ4n) is 6.92. The number of imidazole rings is 1. The van der Waals surface area contributed by atoms with Gasteiger partial charge in [0.15, 0.2) is 0 Å². The minimum absolute atomic E-state index is 0.265. The molecule has 3 aliphatic heterocycles. The van der Waals surface area contributed by atoms with E-state index in [9.17, 15) is 4.79 Å². The Morgan fingerprint density at radius 3 is 2.53 bits per heavy atom. The van der Waals surface area contributed by atoms with E-state index in [4.69, 9.17) is 11.6 Å². The molecule has 2 atom stereocenters. The molecule has 0 bridgehead atoms. The number of amides is 1. The van der Waals surface area contributed by atoms with Crippen LogP contribution in [-0.2, 0) is 10.3 Å². The van der Waals surface area contributed by atoms with E-state index >= 15 is 0 Å². The van der Waals surface area contributed by atoms with Crippen molar-refractivity contribution in [2.45, 2.75) is 57.0 Å². The molecule has 2 aromatic carbocycles. The average molecular weight is 503 g/mol. The second-order valence-corrected chi connectivity index (χ2v) is 11.2. The quantitative estimate of drug-likeness (QED) is 0.427. The summed E-state index contributed by atoms with van der Waals surface area (Å²) in [7, 11) is 0. The van der Waals surface area contributed by atoms with Crippen molar-refractivity contribution >= 4 is 17.5 Å². The van der Waals surface area contributed by atoms with Crippen molar-refractivity contribution in [1.29, 1.82) is 0 Å². The summed E-state index contributed by atoms with van der Waals surface area (Å²) < 4.78 is 2.26. The summed E-state index contributed by atoms with van der Waals surface area (Å²) in [5, 5.41) is 0.716. The Morgan fingerprint density at radius 2 is 1.78 bits per heavy atom. The van der Waals surface area contributed by atoms with Crippen molar-refractivity contribution in [2.75, 3.05) is 26.2 Å². The Bertz CT molecular complexity index is 1220. The lowest BCUT2D eigenvalue weighted by atomic mass is 9.79. The third-order valence-corrected chi connectivity index (χ3v) is 9.23. The van der Waals surface area contributed by atoms with Crippen LogP contribution in [0.5, 0.6) is 0 Å². The second kappa shape index (κ2) is 9.68. The van der Waals surface area contributed by atoms with Gasteiger partial charge in [-0.3, -0.25) is 4.79 Å². The molecule has 5 nitrogen and oxygen atoms in total. The normalized spacial score (nSPS) is 23.0. The van der Waals surface area contributed by atoms with Crippen LogP contribution in [0.1, 0.15) is 56.6 Å². The molecular weight excluding hydrogens is 468 g/mol. The van der Waals surface area contributed by atoms with Crippen LogP contribution in [-0.4, -0.2) is 57.5 Å². The highest BCUT2D eigenvalue weighted by Crippen LogP contribution is 2.49. The molecule has 6 heteroatoms. The third-order valence-electron chi connectivity index (χ3n) is 8.98. The molecule has 3 aliphatic rings. The summed E-state index contributed by atoms with van der Waals surface area (Å²) in [6.07, 6.45) is 10.0. The van der Waals surface area contributed by atoms with Crippen LogP contribution >= 0.6 is 11.6 Å². The van der Waals surface area contributed by atoms with Gasteiger partial charge in [0.05, 0.1) is 5.54 Å². The molecular formula is C30H35ClN4O. The minimum Gasteiger partial charge on any atom is -0.343 e. The third kappa shape index (κ3) is 3.97. The number of hydrogen-bond acceptors (Lipinski definition) is 3. The highest BCUT2D eigenvalue weighted by atomic mass is 35.5. The van der Waals surface area contributed by atoms with Gasteiger partial charge >= 0.3 is 0 Å². The fourth-order valence-corrected chi connectivity index (χ4v) is 7.05. The minimum atomic E-state index is -0.467. The first kappa shape index (κ1) is 23.7. The molecule has 0 aliphatic carbocycles. The second-order valence-electron chi connectivity index (χ2n) is 10.7. The van der Waals surface area contributed by atoms with Gasteiger partial charge in [0.25, 0.3) is 0 Å². The number of carbonyl (C=O) groups is 1. The van der Waals surface area contributed by atoms with E-state index in [0.29, 0.717) is 29.8 Å².